The summed E-state index contributed by atoms with van der Waals surface area (Å²) < 4.78 is 0. The maximum Gasteiger partial charge on any atom is 0.239 e. The molecule has 5 N–H and O–H groups in total. The molecule has 1 heterocycles. The summed E-state index contributed by atoms with van der Waals surface area (Å²) in [5, 5.41) is 13.7. The molecule has 0 radical (unpaired) electrons. The molecule has 2 atom stereocenters. The monoisotopic (exact) mass is 293 g/mol. The van der Waals surface area contributed by atoms with E-state index in [9.17, 15) is 5.11 Å². The Morgan fingerprint density at radius 3 is 2.75 bits per heavy atom. The summed E-state index contributed by atoms with van der Waals surface area (Å²) in [4.78, 5) is 8.67. The third-order valence-corrected chi connectivity index (χ3v) is 4.30. The number of benzene rings is 1. The van der Waals surface area contributed by atoms with Gasteiger partial charge in [-0.25, -0.2) is 10.8 Å². The van der Waals surface area contributed by atoms with Gasteiger partial charge < -0.3 is 10.4 Å². The molecule has 2 unspecified atom stereocenters. The van der Waals surface area contributed by atoms with E-state index >= 15 is 0 Å². The Hall–Kier alpha value is -1.57. The van der Waals surface area contributed by atoms with Gasteiger partial charge in [0.15, 0.2) is 0 Å². The largest absolute Gasteiger partial charge is 0.395 e. The Kier molecular flexibility index (Phi) is 4.99. The molecule has 20 heavy (non-hydrogen) atoms. The van der Waals surface area contributed by atoms with Gasteiger partial charge in [-0.05, 0) is 25.3 Å². The Morgan fingerprint density at radius 1 is 1.35 bits per heavy atom. The second-order valence-electron chi connectivity index (χ2n) is 4.45. The number of hydrogen-bond acceptors (Lipinski definition) is 7. The van der Waals surface area contributed by atoms with Crippen LogP contribution in [0, 0.1) is 0 Å². The van der Waals surface area contributed by atoms with Gasteiger partial charge in [-0.2, -0.15) is 16.7 Å². The van der Waals surface area contributed by atoms with E-state index in [2.05, 4.69) is 20.7 Å². The lowest BCUT2D eigenvalue weighted by Crippen LogP contribution is -2.31. The van der Waals surface area contributed by atoms with Crippen LogP contribution < -0.4 is 16.6 Å². The molecule has 0 amide bonds. The third kappa shape index (κ3) is 3.12. The van der Waals surface area contributed by atoms with E-state index < -0.39 is 0 Å². The van der Waals surface area contributed by atoms with Gasteiger partial charge in [0, 0.05) is 16.7 Å². The summed E-state index contributed by atoms with van der Waals surface area (Å²) >= 11 is 1.62. The second-order valence-corrected chi connectivity index (χ2v) is 5.52. The van der Waals surface area contributed by atoms with Crippen LogP contribution in [0.5, 0.6) is 0 Å². The van der Waals surface area contributed by atoms with E-state index in [1.165, 1.54) is 0 Å². The Morgan fingerprint density at radius 2 is 2.10 bits per heavy atom. The van der Waals surface area contributed by atoms with Crippen LogP contribution in [0.3, 0.4) is 0 Å². The highest BCUT2D eigenvalue weighted by atomic mass is 32.2. The van der Waals surface area contributed by atoms with Gasteiger partial charge in [0.2, 0.25) is 5.95 Å². The summed E-state index contributed by atoms with van der Waals surface area (Å²) in [5.41, 5.74) is 3.29. The zero-order valence-corrected chi connectivity index (χ0v) is 12.3. The maximum absolute atomic E-state index is 9.36. The number of nitrogens with one attached hydrogen (secondary N) is 2. The Bertz CT molecular complexity index is 576. The first-order chi connectivity index (χ1) is 9.69. The van der Waals surface area contributed by atoms with Crippen molar-refractivity contribution in [1.82, 2.24) is 9.97 Å². The standard InChI is InChI=1S/C13H19N5OS/c1-8(11(7-19)20-2)15-12-9-5-3-4-6-10(9)16-13(17-12)18-14/h3-6,8,11,19H,7,14H2,1-2H3,(H2,15,16,17,18). The first kappa shape index (κ1) is 14.8. The van der Waals surface area contributed by atoms with Gasteiger partial charge in [0.05, 0.1) is 12.1 Å². The van der Waals surface area contributed by atoms with E-state index in [-0.39, 0.29) is 17.9 Å². The molecule has 7 heteroatoms. The lowest BCUT2D eigenvalue weighted by atomic mass is 10.2. The van der Waals surface area contributed by atoms with Crippen LogP contribution in [0.2, 0.25) is 0 Å². The minimum absolute atomic E-state index is 0.0685. The van der Waals surface area contributed by atoms with Crippen molar-refractivity contribution in [3.05, 3.63) is 24.3 Å². The topological polar surface area (TPSA) is 96.1 Å². The third-order valence-electron chi connectivity index (χ3n) is 3.14. The smallest absolute Gasteiger partial charge is 0.239 e. The van der Waals surface area contributed by atoms with Crippen molar-refractivity contribution >= 4 is 34.4 Å². The predicted octanol–water partition coefficient (Wildman–Crippen LogP) is 1.44. The number of aliphatic hydroxyl groups is 1. The van der Waals surface area contributed by atoms with Gasteiger partial charge >= 0.3 is 0 Å². The van der Waals surface area contributed by atoms with Crippen LogP contribution in [0.4, 0.5) is 11.8 Å². The number of aromatic nitrogens is 2. The minimum atomic E-state index is 0.0685. The molecule has 0 aliphatic heterocycles. The lowest BCUT2D eigenvalue weighted by Gasteiger charge is -2.22. The number of nitrogens with zero attached hydrogens (tertiary/aromatic N) is 2. The zero-order valence-electron chi connectivity index (χ0n) is 11.5. The number of para-hydroxylation sites is 1. The second kappa shape index (κ2) is 6.74. The molecule has 1 aromatic carbocycles. The highest BCUT2D eigenvalue weighted by Crippen LogP contribution is 2.23. The number of anilines is 2. The molecule has 2 aromatic rings. The summed E-state index contributed by atoms with van der Waals surface area (Å²) in [6.07, 6.45) is 1.98. The first-order valence-corrected chi connectivity index (χ1v) is 7.62. The number of nitrogen functional groups attached to an aromatic ring is 1. The maximum atomic E-state index is 9.36. The van der Waals surface area contributed by atoms with E-state index in [1.54, 1.807) is 11.8 Å². The quantitative estimate of drug-likeness (QED) is 0.473. The fourth-order valence-electron chi connectivity index (χ4n) is 2.00. The van der Waals surface area contributed by atoms with Crippen LogP contribution in [0.25, 0.3) is 10.9 Å². The van der Waals surface area contributed by atoms with E-state index in [4.69, 9.17) is 5.84 Å². The minimum Gasteiger partial charge on any atom is -0.395 e. The highest BCUT2D eigenvalue weighted by Gasteiger charge is 2.17. The van der Waals surface area contributed by atoms with Gasteiger partial charge in [-0.1, -0.05) is 12.1 Å². The zero-order chi connectivity index (χ0) is 14.5. The van der Waals surface area contributed by atoms with Gasteiger partial charge in [-0.3, -0.25) is 5.43 Å². The van der Waals surface area contributed by atoms with E-state index in [0.29, 0.717) is 11.8 Å². The van der Waals surface area contributed by atoms with Gasteiger partial charge in [0.1, 0.15) is 5.82 Å². The molecule has 0 aliphatic rings. The van der Waals surface area contributed by atoms with Gasteiger partial charge in [-0.15, -0.1) is 0 Å². The summed E-state index contributed by atoms with van der Waals surface area (Å²) in [5.74, 6) is 6.48. The van der Waals surface area contributed by atoms with Crippen molar-refractivity contribution in [1.29, 1.82) is 0 Å². The molecule has 0 saturated carbocycles. The fraction of sp³-hybridized carbons (Fsp3) is 0.385. The van der Waals surface area contributed by atoms with Crippen LogP contribution in [0.15, 0.2) is 24.3 Å². The number of aliphatic hydroxyl groups excluding tert-OH is 1. The lowest BCUT2D eigenvalue weighted by molar-refractivity contribution is 0.288. The Labute approximate surface area is 122 Å². The summed E-state index contributed by atoms with van der Waals surface area (Å²) in [6.45, 7) is 2.13. The van der Waals surface area contributed by atoms with Crippen LogP contribution >= 0.6 is 11.8 Å². The number of hydrazine groups is 1. The van der Waals surface area contributed by atoms with Crippen molar-refractivity contribution in [2.45, 2.75) is 18.2 Å². The van der Waals surface area contributed by atoms with Crippen LogP contribution in [-0.4, -0.2) is 39.2 Å². The van der Waals surface area contributed by atoms with E-state index in [1.807, 2.05) is 37.4 Å². The predicted molar refractivity (Wildman–Crippen MR) is 84.8 cm³/mol. The van der Waals surface area contributed by atoms with Crippen LogP contribution in [0.1, 0.15) is 6.92 Å². The molecule has 0 spiro atoms. The highest BCUT2D eigenvalue weighted by molar-refractivity contribution is 7.99. The van der Waals surface area contributed by atoms with Crippen molar-refractivity contribution < 1.29 is 5.11 Å². The Balaban J connectivity index is 2.37. The molecule has 108 valence electrons. The first-order valence-electron chi connectivity index (χ1n) is 6.33. The van der Waals surface area contributed by atoms with Crippen LogP contribution in [-0.2, 0) is 0 Å². The number of rotatable bonds is 6. The molecule has 0 saturated heterocycles. The van der Waals surface area contributed by atoms with Crippen molar-refractivity contribution in [2.24, 2.45) is 5.84 Å². The average molecular weight is 293 g/mol. The van der Waals surface area contributed by atoms with Crippen molar-refractivity contribution in [3.63, 3.8) is 0 Å². The molecule has 0 aliphatic carbocycles. The molecule has 1 aromatic heterocycles. The SMILES string of the molecule is CSC(CO)C(C)Nc1nc(NN)nc2ccccc12. The number of nitrogens with two attached hydrogens (primary N) is 1. The molecule has 0 bridgehead atoms. The molecular formula is C13H19N5OS. The molecule has 2 rings (SSSR count). The van der Waals surface area contributed by atoms with E-state index in [0.717, 1.165) is 10.9 Å². The number of hydrogen-bond donors (Lipinski definition) is 4. The van der Waals surface area contributed by atoms with Crippen molar-refractivity contribution in [2.75, 3.05) is 23.6 Å². The summed E-state index contributed by atoms with van der Waals surface area (Å²) in [7, 11) is 0. The summed E-state index contributed by atoms with van der Waals surface area (Å²) in [6, 6.07) is 7.79. The molecular weight excluding hydrogens is 274 g/mol. The van der Waals surface area contributed by atoms with Crippen molar-refractivity contribution in [3.8, 4) is 0 Å². The molecule has 6 nitrogen and oxygen atoms in total. The fourth-order valence-corrected chi connectivity index (χ4v) is 2.62. The number of fused-ring (bicyclic) bond motifs is 1. The molecule has 0 fully saturated rings. The average Bonchev–Trinajstić information content (AvgIpc) is 2.48. The van der Waals surface area contributed by atoms with Gasteiger partial charge in [0.25, 0.3) is 0 Å². The number of thioether (sulfide) groups is 1. The normalized spacial score (nSPS) is 14.0.